The fourth-order valence-electron chi connectivity index (χ4n) is 2.53. The molecule has 0 N–H and O–H groups in total. The van der Waals surface area contributed by atoms with Crippen LogP contribution >= 0.6 is 0 Å². The van der Waals surface area contributed by atoms with Crippen molar-refractivity contribution in [2.45, 2.75) is 6.92 Å². The number of carbonyl (C=O) groups is 1. The Bertz CT molecular complexity index is 771. The van der Waals surface area contributed by atoms with Gasteiger partial charge in [0.25, 0.3) is 0 Å². The molecule has 0 fully saturated rings. The van der Waals surface area contributed by atoms with E-state index in [1.165, 1.54) is 6.08 Å². The van der Waals surface area contributed by atoms with Crippen LogP contribution in [0.2, 0.25) is 0 Å². The van der Waals surface area contributed by atoms with Gasteiger partial charge in [-0.25, -0.2) is 0 Å². The maximum absolute atomic E-state index is 12.5. The van der Waals surface area contributed by atoms with Gasteiger partial charge in [-0.1, -0.05) is 0 Å². The van der Waals surface area contributed by atoms with Gasteiger partial charge in [0.15, 0.2) is 5.78 Å². The molecule has 0 unspecified atom stereocenters. The number of ketones is 1. The molecule has 0 aliphatic heterocycles. The lowest BCUT2D eigenvalue weighted by atomic mass is 10.1. The molecule has 2 rings (SSSR count). The summed E-state index contributed by atoms with van der Waals surface area (Å²) in [5, 5.41) is 0. The Balaban J connectivity index is 2.33. The Labute approximate surface area is 147 Å². The highest BCUT2D eigenvalue weighted by Crippen LogP contribution is 2.32. The second kappa shape index (κ2) is 8.24. The SMILES string of the molecule is COc1cc(OC)cc(C(=O)/C=C/c2ccc(OC)c(C)c2OC)c1. The van der Waals surface area contributed by atoms with Crippen molar-refractivity contribution in [3.63, 3.8) is 0 Å². The quantitative estimate of drug-likeness (QED) is 0.564. The van der Waals surface area contributed by atoms with E-state index < -0.39 is 0 Å². The van der Waals surface area contributed by atoms with Gasteiger partial charge in [-0.15, -0.1) is 0 Å². The summed E-state index contributed by atoms with van der Waals surface area (Å²) < 4.78 is 21.1. The monoisotopic (exact) mass is 342 g/mol. The van der Waals surface area contributed by atoms with Crippen LogP contribution in [0.25, 0.3) is 6.08 Å². The second-order valence-electron chi connectivity index (χ2n) is 5.31. The van der Waals surface area contributed by atoms with E-state index in [-0.39, 0.29) is 5.78 Å². The maximum atomic E-state index is 12.5. The van der Waals surface area contributed by atoms with Crippen LogP contribution in [0.4, 0.5) is 0 Å². The number of allylic oxidation sites excluding steroid dienone is 1. The molecule has 0 atom stereocenters. The average molecular weight is 342 g/mol. The molecule has 0 radical (unpaired) electrons. The summed E-state index contributed by atoms with van der Waals surface area (Å²) in [6.45, 7) is 1.91. The molecule has 0 saturated heterocycles. The number of carbonyl (C=O) groups excluding carboxylic acids is 1. The Morgan fingerprint density at radius 1 is 0.880 bits per heavy atom. The molecular weight excluding hydrogens is 320 g/mol. The van der Waals surface area contributed by atoms with Gasteiger partial charge in [-0.3, -0.25) is 4.79 Å². The molecule has 0 amide bonds. The van der Waals surface area contributed by atoms with Crippen molar-refractivity contribution in [3.05, 3.63) is 53.1 Å². The van der Waals surface area contributed by atoms with Crippen LogP contribution in [0.3, 0.4) is 0 Å². The van der Waals surface area contributed by atoms with Crippen molar-refractivity contribution in [1.82, 2.24) is 0 Å². The number of ether oxygens (including phenoxy) is 4. The highest BCUT2D eigenvalue weighted by molar-refractivity contribution is 6.07. The van der Waals surface area contributed by atoms with Crippen molar-refractivity contribution >= 4 is 11.9 Å². The summed E-state index contributed by atoms with van der Waals surface area (Å²) >= 11 is 0. The van der Waals surface area contributed by atoms with Crippen molar-refractivity contribution in [1.29, 1.82) is 0 Å². The highest BCUT2D eigenvalue weighted by Gasteiger charge is 2.11. The molecular formula is C20H22O5. The average Bonchev–Trinajstić information content (AvgIpc) is 2.65. The number of rotatable bonds is 7. The van der Waals surface area contributed by atoms with Crippen molar-refractivity contribution in [2.75, 3.05) is 28.4 Å². The van der Waals surface area contributed by atoms with E-state index in [0.717, 1.165) is 16.9 Å². The van der Waals surface area contributed by atoms with Gasteiger partial charge in [0.05, 0.1) is 28.4 Å². The molecule has 25 heavy (non-hydrogen) atoms. The third kappa shape index (κ3) is 4.12. The summed E-state index contributed by atoms with van der Waals surface area (Å²) in [5.74, 6) is 2.38. The summed E-state index contributed by atoms with van der Waals surface area (Å²) in [7, 11) is 6.29. The lowest BCUT2D eigenvalue weighted by Crippen LogP contribution is -1.98. The van der Waals surface area contributed by atoms with E-state index in [1.807, 2.05) is 19.1 Å². The summed E-state index contributed by atoms with van der Waals surface area (Å²) in [4.78, 5) is 12.5. The van der Waals surface area contributed by atoms with Crippen molar-refractivity contribution in [3.8, 4) is 23.0 Å². The van der Waals surface area contributed by atoms with Gasteiger partial charge in [-0.2, -0.15) is 0 Å². The first kappa shape index (κ1) is 18.4. The molecule has 0 saturated carbocycles. The third-order valence-electron chi connectivity index (χ3n) is 3.86. The highest BCUT2D eigenvalue weighted by atomic mass is 16.5. The lowest BCUT2D eigenvalue weighted by Gasteiger charge is -2.12. The van der Waals surface area contributed by atoms with Gasteiger partial charge in [0.2, 0.25) is 0 Å². The third-order valence-corrected chi connectivity index (χ3v) is 3.86. The van der Waals surface area contributed by atoms with Crippen LogP contribution in [-0.4, -0.2) is 34.2 Å². The van der Waals surface area contributed by atoms with Crippen LogP contribution in [0.1, 0.15) is 21.5 Å². The molecule has 5 nitrogen and oxygen atoms in total. The molecule has 0 bridgehead atoms. The van der Waals surface area contributed by atoms with Gasteiger partial charge >= 0.3 is 0 Å². The van der Waals surface area contributed by atoms with Crippen molar-refractivity contribution in [2.24, 2.45) is 0 Å². The zero-order valence-electron chi connectivity index (χ0n) is 15.1. The molecule has 5 heteroatoms. The summed E-state index contributed by atoms with van der Waals surface area (Å²) in [6.07, 6.45) is 3.22. The van der Waals surface area contributed by atoms with E-state index in [0.29, 0.717) is 22.8 Å². The van der Waals surface area contributed by atoms with Crippen LogP contribution < -0.4 is 18.9 Å². The Morgan fingerprint density at radius 3 is 2.04 bits per heavy atom. The molecule has 2 aromatic carbocycles. The van der Waals surface area contributed by atoms with E-state index in [1.54, 1.807) is 52.7 Å². The summed E-state index contributed by atoms with van der Waals surface area (Å²) in [5.41, 5.74) is 2.16. The Kier molecular flexibility index (Phi) is 6.06. The minimum absolute atomic E-state index is 0.160. The molecule has 132 valence electrons. The first-order valence-electron chi connectivity index (χ1n) is 7.71. The molecule has 2 aromatic rings. The number of hydrogen-bond acceptors (Lipinski definition) is 5. The van der Waals surface area contributed by atoms with Gasteiger partial charge in [0, 0.05) is 22.8 Å². The van der Waals surface area contributed by atoms with Crippen LogP contribution in [0, 0.1) is 6.92 Å². The Hall–Kier alpha value is -2.95. The normalized spacial score (nSPS) is 10.6. The minimum atomic E-state index is -0.160. The minimum Gasteiger partial charge on any atom is -0.497 e. The van der Waals surface area contributed by atoms with Crippen molar-refractivity contribution < 1.29 is 23.7 Å². The number of benzene rings is 2. The van der Waals surface area contributed by atoms with Crippen LogP contribution in [-0.2, 0) is 0 Å². The van der Waals surface area contributed by atoms with Gasteiger partial charge < -0.3 is 18.9 Å². The summed E-state index contributed by atoms with van der Waals surface area (Å²) in [6, 6.07) is 8.75. The zero-order chi connectivity index (χ0) is 18.4. The van der Waals surface area contributed by atoms with Gasteiger partial charge in [-0.05, 0) is 43.3 Å². The number of methoxy groups -OCH3 is 4. The molecule has 0 spiro atoms. The largest absolute Gasteiger partial charge is 0.497 e. The van der Waals surface area contributed by atoms with Crippen LogP contribution in [0.15, 0.2) is 36.4 Å². The molecule has 0 aliphatic carbocycles. The first-order valence-corrected chi connectivity index (χ1v) is 7.71. The van der Waals surface area contributed by atoms with E-state index in [9.17, 15) is 4.79 Å². The number of hydrogen-bond donors (Lipinski definition) is 0. The molecule has 0 heterocycles. The lowest BCUT2D eigenvalue weighted by molar-refractivity contribution is 0.104. The Morgan fingerprint density at radius 2 is 1.52 bits per heavy atom. The first-order chi connectivity index (χ1) is 12.0. The van der Waals surface area contributed by atoms with Crippen LogP contribution in [0.5, 0.6) is 23.0 Å². The topological polar surface area (TPSA) is 54.0 Å². The molecule has 0 aliphatic rings. The van der Waals surface area contributed by atoms with E-state index >= 15 is 0 Å². The van der Waals surface area contributed by atoms with Gasteiger partial charge in [0.1, 0.15) is 23.0 Å². The fraction of sp³-hybridized carbons (Fsp3) is 0.250. The van der Waals surface area contributed by atoms with E-state index in [4.69, 9.17) is 18.9 Å². The predicted octanol–water partition coefficient (Wildman–Crippen LogP) is 3.93. The standard InChI is InChI=1S/C20H22O5/c1-13-19(24-4)9-7-14(20(13)25-5)6-8-18(21)15-10-16(22-2)12-17(11-15)23-3/h6-12H,1-5H3/b8-6+. The smallest absolute Gasteiger partial charge is 0.186 e. The fourth-order valence-corrected chi connectivity index (χ4v) is 2.53. The zero-order valence-corrected chi connectivity index (χ0v) is 15.1. The second-order valence-corrected chi connectivity index (χ2v) is 5.31. The molecule has 0 aromatic heterocycles. The maximum Gasteiger partial charge on any atom is 0.186 e. The predicted molar refractivity (Wildman–Crippen MR) is 97.2 cm³/mol. The van der Waals surface area contributed by atoms with E-state index in [2.05, 4.69) is 0 Å².